The molecule has 0 aliphatic carbocycles. The summed E-state index contributed by atoms with van der Waals surface area (Å²) in [4.78, 5) is 23.9. The zero-order chi connectivity index (χ0) is 21.5. The van der Waals surface area contributed by atoms with Crippen molar-refractivity contribution in [3.8, 4) is 11.6 Å². The van der Waals surface area contributed by atoms with Gasteiger partial charge in [-0.2, -0.15) is 0 Å². The van der Waals surface area contributed by atoms with E-state index in [0.29, 0.717) is 29.8 Å². The van der Waals surface area contributed by atoms with E-state index >= 15 is 0 Å². The molecule has 0 bridgehead atoms. The number of benzene rings is 1. The number of rotatable bonds is 10. The lowest BCUT2D eigenvalue weighted by Gasteiger charge is -2.16. The number of amides is 2. The van der Waals surface area contributed by atoms with Crippen molar-refractivity contribution in [3.63, 3.8) is 0 Å². The molecule has 30 heavy (non-hydrogen) atoms. The Morgan fingerprint density at radius 3 is 2.60 bits per heavy atom. The van der Waals surface area contributed by atoms with Crippen LogP contribution in [0, 0.1) is 0 Å². The Balaban J connectivity index is 1.65. The molecule has 3 aromatic rings. The number of carbonyl (C=O) groups excluding carboxylic acids is 2. The van der Waals surface area contributed by atoms with Gasteiger partial charge in [-0.25, -0.2) is 0 Å². The molecule has 2 atom stereocenters. The van der Waals surface area contributed by atoms with Crippen LogP contribution in [0.5, 0.6) is 0 Å². The summed E-state index contributed by atoms with van der Waals surface area (Å²) >= 11 is 1.28. The Kier molecular flexibility index (Phi) is 7.29. The van der Waals surface area contributed by atoms with Crippen molar-refractivity contribution in [1.82, 2.24) is 20.1 Å². The fraction of sp³-hybridized carbons (Fsp3) is 0.333. The number of hydrogen-bond donors (Lipinski definition) is 2. The summed E-state index contributed by atoms with van der Waals surface area (Å²) in [6.07, 6.45) is 1.67. The largest absolute Gasteiger partial charge is 0.461 e. The lowest BCUT2D eigenvalue weighted by Crippen LogP contribution is -2.33. The van der Waals surface area contributed by atoms with E-state index in [4.69, 9.17) is 10.2 Å². The second-order valence-electron chi connectivity index (χ2n) is 6.97. The van der Waals surface area contributed by atoms with Gasteiger partial charge in [0, 0.05) is 19.5 Å². The Morgan fingerprint density at radius 2 is 1.93 bits per heavy atom. The first-order chi connectivity index (χ1) is 14.5. The third kappa shape index (κ3) is 5.50. The molecule has 0 fully saturated rings. The number of aromatic nitrogens is 3. The van der Waals surface area contributed by atoms with Gasteiger partial charge in [0.1, 0.15) is 0 Å². The standard InChI is InChI=1S/C21H25N5O3S/c1-14(16-7-4-3-5-8-16)13-23-20(28)15(2)30-21-25-24-19(17-9-6-12-29-17)26(21)11-10-18(22)27/h3-9,12,14-15H,10-11,13H2,1-2H3,(H2,22,27)(H,23,28). The number of nitrogens with zero attached hydrogens (tertiary/aromatic N) is 3. The Bertz CT molecular complexity index is 972. The Hall–Kier alpha value is -3.07. The van der Waals surface area contributed by atoms with Crippen molar-refractivity contribution in [1.29, 1.82) is 0 Å². The first-order valence-corrected chi connectivity index (χ1v) is 10.6. The molecule has 0 aliphatic rings. The summed E-state index contributed by atoms with van der Waals surface area (Å²) in [7, 11) is 0. The number of nitrogens with two attached hydrogens (primary N) is 1. The van der Waals surface area contributed by atoms with E-state index in [2.05, 4.69) is 22.4 Å². The van der Waals surface area contributed by atoms with Crippen LogP contribution in [0.3, 0.4) is 0 Å². The van der Waals surface area contributed by atoms with E-state index in [9.17, 15) is 9.59 Å². The van der Waals surface area contributed by atoms with E-state index in [0.717, 1.165) is 0 Å². The van der Waals surface area contributed by atoms with Crippen LogP contribution in [0.1, 0.15) is 31.7 Å². The average Bonchev–Trinajstić information content (AvgIpc) is 3.40. The Labute approximate surface area is 179 Å². The second kappa shape index (κ2) is 10.1. The minimum atomic E-state index is -0.425. The summed E-state index contributed by atoms with van der Waals surface area (Å²) in [6.45, 7) is 4.73. The highest BCUT2D eigenvalue weighted by atomic mass is 32.2. The molecule has 0 saturated heterocycles. The molecule has 1 aromatic carbocycles. The third-order valence-corrected chi connectivity index (χ3v) is 5.72. The van der Waals surface area contributed by atoms with Gasteiger partial charge in [0.05, 0.1) is 11.5 Å². The molecule has 8 nitrogen and oxygen atoms in total. The van der Waals surface area contributed by atoms with Gasteiger partial charge in [0.25, 0.3) is 0 Å². The van der Waals surface area contributed by atoms with Crippen LogP contribution in [0.25, 0.3) is 11.6 Å². The first kappa shape index (κ1) is 21.6. The van der Waals surface area contributed by atoms with Crippen LogP contribution >= 0.6 is 11.8 Å². The highest BCUT2D eigenvalue weighted by Gasteiger charge is 2.22. The van der Waals surface area contributed by atoms with Gasteiger partial charge >= 0.3 is 0 Å². The van der Waals surface area contributed by atoms with E-state index in [1.165, 1.54) is 17.3 Å². The van der Waals surface area contributed by atoms with Crippen LogP contribution in [0.2, 0.25) is 0 Å². The van der Waals surface area contributed by atoms with Gasteiger partial charge in [-0.05, 0) is 30.5 Å². The van der Waals surface area contributed by atoms with E-state index in [1.807, 2.05) is 37.3 Å². The second-order valence-corrected chi connectivity index (χ2v) is 8.28. The van der Waals surface area contributed by atoms with Crippen molar-refractivity contribution < 1.29 is 14.0 Å². The third-order valence-electron chi connectivity index (χ3n) is 4.64. The quantitative estimate of drug-likeness (QED) is 0.481. The zero-order valence-electron chi connectivity index (χ0n) is 16.9. The molecular formula is C21H25N5O3S. The molecule has 0 saturated carbocycles. The number of primary amides is 1. The number of thioether (sulfide) groups is 1. The van der Waals surface area contributed by atoms with Crippen LogP contribution in [0.15, 0.2) is 58.3 Å². The van der Waals surface area contributed by atoms with Gasteiger partial charge in [0.2, 0.25) is 11.8 Å². The number of carbonyl (C=O) groups is 2. The monoisotopic (exact) mass is 427 g/mol. The van der Waals surface area contributed by atoms with Gasteiger partial charge < -0.3 is 15.5 Å². The maximum absolute atomic E-state index is 12.6. The van der Waals surface area contributed by atoms with Gasteiger partial charge in [-0.15, -0.1) is 10.2 Å². The predicted molar refractivity (Wildman–Crippen MR) is 115 cm³/mol. The summed E-state index contributed by atoms with van der Waals surface area (Å²) in [6, 6.07) is 13.6. The molecule has 3 N–H and O–H groups in total. The van der Waals surface area contributed by atoms with Crippen molar-refractivity contribution >= 4 is 23.6 Å². The van der Waals surface area contributed by atoms with Crippen molar-refractivity contribution in [3.05, 3.63) is 54.3 Å². The van der Waals surface area contributed by atoms with Crippen LogP contribution in [0.4, 0.5) is 0 Å². The van der Waals surface area contributed by atoms with Gasteiger partial charge in [-0.1, -0.05) is 49.0 Å². The molecule has 0 radical (unpaired) electrons. The van der Waals surface area contributed by atoms with Gasteiger partial charge in [0.15, 0.2) is 16.7 Å². The molecule has 2 amide bonds. The number of hydrogen-bond acceptors (Lipinski definition) is 6. The molecule has 0 spiro atoms. The number of furan rings is 1. The SMILES string of the molecule is CC(Sc1nnc(-c2ccco2)n1CCC(N)=O)C(=O)NCC(C)c1ccccc1. The summed E-state index contributed by atoms with van der Waals surface area (Å²) < 4.78 is 7.17. The normalized spacial score (nSPS) is 13.0. The van der Waals surface area contributed by atoms with Crippen LogP contribution < -0.4 is 11.1 Å². The van der Waals surface area contributed by atoms with E-state index in [-0.39, 0.29) is 18.2 Å². The molecule has 2 unspecified atom stereocenters. The van der Waals surface area contributed by atoms with E-state index < -0.39 is 11.2 Å². The first-order valence-electron chi connectivity index (χ1n) is 9.70. The molecule has 9 heteroatoms. The molecule has 3 rings (SSSR count). The minimum absolute atomic E-state index is 0.0909. The lowest BCUT2D eigenvalue weighted by molar-refractivity contribution is -0.120. The molecule has 0 aliphatic heterocycles. The highest BCUT2D eigenvalue weighted by molar-refractivity contribution is 8.00. The molecule has 158 valence electrons. The lowest BCUT2D eigenvalue weighted by atomic mass is 10.0. The summed E-state index contributed by atoms with van der Waals surface area (Å²) in [5.41, 5.74) is 6.48. The zero-order valence-corrected chi connectivity index (χ0v) is 17.8. The number of nitrogens with one attached hydrogen (secondary N) is 1. The maximum atomic E-state index is 12.6. The smallest absolute Gasteiger partial charge is 0.233 e. The predicted octanol–water partition coefficient (Wildman–Crippen LogP) is 2.81. The van der Waals surface area contributed by atoms with E-state index in [1.54, 1.807) is 23.0 Å². The Morgan fingerprint density at radius 1 is 1.17 bits per heavy atom. The fourth-order valence-corrected chi connectivity index (χ4v) is 3.80. The average molecular weight is 428 g/mol. The molecule has 2 heterocycles. The van der Waals surface area contributed by atoms with Crippen molar-refractivity contribution in [2.45, 2.75) is 43.1 Å². The van der Waals surface area contributed by atoms with Gasteiger partial charge in [-0.3, -0.25) is 14.2 Å². The maximum Gasteiger partial charge on any atom is 0.233 e. The van der Waals surface area contributed by atoms with Crippen molar-refractivity contribution in [2.75, 3.05) is 6.54 Å². The molecule has 2 aromatic heterocycles. The summed E-state index contributed by atoms with van der Waals surface area (Å²) in [5.74, 6) is 0.719. The topological polar surface area (TPSA) is 116 Å². The van der Waals surface area contributed by atoms with Crippen LogP contribution in [-0.4, -0.2) is 38.4 Å². The highest BCUT2D eigenvalue weighted by Crippen LogP contribution is 2.27. The minimum Gasteiger partial charge on any atom is -0.461 e. The van der Waals surface area contributed by atoms with Crippen LogP contribution in [-0.2, 0) is 16.1 Å². The fourth-order valence-electron chi connectivity index (χ4n) is 2.90. The van der Waals surface area contributed by atoms with Crippen molar-refractivity contribution in [2.24, 2.45) is 5.73 Å². The summed E-state index contributed by atoms with van der Waals surface area (Å²) in [5, 5.41) is 11.5. The molecular weight excluding hydrogens is 402 g/mol.